The van der Waals surface area contributed by atoms with Crippen LogP contribution in [-0.4, -0.2) is 38.3 Å². The molecule has 176 valence electrons. The third-order valence-electron chi connectivity index (χ3n) is 5.56. The Bertz CT molecular complexity index is 1500. The lowest BCUT2D eigenvalue weighted by molar-refractivity contribution is 0.397. The number of hydrogen-bond acceptors (Lipinski definition) is 6. The molecule has 1 N–H and O–H groups in total. The number of hydrogen-bond donors (Lipinski definition) is 1. The van der Waals surface area contributed by atoms with Crippen LogP contribution in [0.5, 0.6) is 0 Å². The summed E-state index contributed by atoms with van der Waals surface area (Å²) in [4.78, 5) is 4.58. The van der Waals surface area contributed by atoms with Gasteiger partial charge in [-0.2, -0.15) is 9.52 Å². The van der Waals surface area contributed by atoms with E-state index in [-0.39, 0.29) is 19.4 Å². The van der Waals surface area contributed by atoms with E-state index in [0.29, 0.717) is 11.5 Å². The predicted octanol–water partition coefficient (Wildman–Crippen LogP) is 4.57. The topological polar surface area (TPSA) is 105 Å². The minimum atomic E-state index is -3.83. The van der Waals surface area contributed by atoms with E-state index < -0.39 is 10.0 Å². The molecule has 0 atom stereocenters. The molecular weight excluding hydrogens is 460 g/mol. The number of H-pyrrole nitrogens is 1. The summed E-state index contributed by atoms with van der Waals surface area (Å²) >= 11 is 0. The molecule has 0 spiro atoms. The molecule has 0 fully saturated rings. The number of nitrogens with zero attached hydrogens (tertiary/aromatic N) is 5. The van der Waals surface area contributed by atoms with E-state index >= 15 is 0 Å². The number of rotatable bonds is 8. The molecule has 0 aliphatic carbocycles. The van der Waals surface area contributed by atoms with Crippen molar-refractivity contribution in [3.8, 4) is 22.5 Å². The van der Waals surface area contributed by atoms with Crippen molar-refractivity contribution >= 4 is 10.0 Å². The Morgan fingerprint density at radius 3 is 2.26 bits per heavy atom. The fraction of sp³-hybridized carbons (Fsp3) is 0.0769. The minimum Gasteiger partial charge on any atom is -0.260 e. The average molecular weight is 485 g/mol. The van der Waals surface area contributed by atoms with Crippen LogP contribution in [0.1, 0.15) is 12.7 Å². The molecule has 9 heteroatoms. The molecule has 0 unspecified atom stereocenters. The first-order valence-electron chi connectivity index (χ1n) is 11.0. The Hall–Kier alpha value is -4.21. The van der Waals surface area contributed by atoms with Crippen molar-refractivity contribution < 1.29 is 9.84 Å². The molecule has 0 amide bonds. The summed E-state index contributed by atoms with van der Waals surface area (Å²) < 4.78 is 29.1. The van der Waals surface area contributed by atoms with Gasteiger partial charge in [-0.1, -0.05) is 72.8 Å². The maximum Gasteiger partial charge on any atom is 0.243 e. The van der Waals surface area contributed by atoms with Crippen LogP contribution in [0.25, 0.3) is 22.5 Å². The Kier molecular flexibility index (Phi) is 6.42. The highest BCUT2D eigenvalue weighted by Gasteiger charge is 2.26. The van der Waals surface area contributed by atoms with Crippen LogP contribution in [0.15, 0.2) is 108 Å². The lowest BCUT2D eigenvalue weighted by atomic mass is 10.1. The van der Waals surface area contributed by atoms with Gasteiger partial charge in [0.2, 0.25) is 15.8 Å². The Labute approximate surface area is 204 Å². The smallest absolute Gasteiger partial charge is 0.243 e. The molecule has 5 rings (SSSR count). The van der Waals surface area contributed by atoms with Crippen LogP contribution >= 0.6 is 0 Å². The summed E-state index contributed by atoms with van der Waals surface area (Å²) in [6.45, 7) is 0.326. The summed E-state index contributed by atoms with van der Waals surface area (Å²) in [6.07, 6.45) is 1.66. The normalized spacial score (nSPS) is 11.6. The number of aromatic nitrogens is 5. The third-order valence-corrected chi connectivity index (χ3v) is 7.35. The Balaban J connectivity index is 0.00000304. The lowest BCUT2D eigenvalue weighted by Crippen LogP contribution is -2.30. The molecule has 35 heavy (non-hydrogen) atoms. The van der Waals surface area contributed by atoms with Crippen LogP contribution in [0.2, 0.25) is 0 Å². The van der Waals surface area contributed by atoms with E-state index in [2.05, 4.69) is 25.6 Å². The van der Waals surface area contributed by atoms with E-state index in [4.69, 9.17) is 0 Å². The summed E-state index contributed by atoms with van der Waals surface area (Å²) in [5.41, 5.74) is 4.08. The van der Waals surface area contributed by atoms with Crippen LogP contribution in [0.4, 0.5) is 0 Å². The van der Waals surface area contributed by atoms with Crippen LogP contribution in [0.3, 0.4) is 0 Å². The first-order valence-corrected chi connectivity index (χ1v) is 12.4. The fourth-order valence-electron chi connectivity index (χ4n) is 3.76. The summed E-state index contributed by atoms with van der Waals surface area (Å²) in [7, 11) is -3.83. The van der Waals surface area contributed by atoms with Gasteiger partial charge in [-0.3, -0.25) is 4.98 Å². The molecule has 0 aliphatic rings. The number of benzene rings is 3. The van der Waals surface area contributed by atoms with Crippen molar-refractivity contribution in [2.75, 3.05) is 0 Å². The zero-order valence-electron chi connectivity index (χ0n) is 18.7. The second-order valence-electron chi connectivity index (χ2n) is 7.92. The number of nitrogens with one attached hydrogen (secondary N) is 1. The average Bonchev–Trinajstić information content (AvgIpc) is 3.45. The molecule has 2 aromatic heterocycles. The fourth-order valence-corrected chi connectivity index (χ4v) is 5.21. The maximum atomic E-state index is 13.8. The summed E-state index contributed by atoms with van der Waals surface area (Å²) in [5, 5.41) is 14.0. The van der Waals surface area contributed by atoms with Gasteiger partial charge in [-0.05, 0) is 46.2 Å². The molecule has 0 aliphatic heterocycles. The molecule has 0 radical (unpaired) electrons. The standard InChI is InChI=1S/C26H22N6O2S.H2/c33-35(34,25-11-6-9-23(17-25)21-7-2-1-3-8-21)32(19-24-10-4-5-16-27-24)18-20-12-14-22(15-13-20)26-28-30-31-29-26;/h1-17H,18-19H2,(H,28,29,30,31);1H. The monoisotopic (exact) mass is 484 g/mol. The molecule has 0 saturated carbocycles. The first kappa shape index (κ1) is 22.6. The van der Waals surface area contributed by atoms with Gasteiger partial charge in [-0.25, -0.2) is 8.42 Å². The quantitative estimate of drug-likeness (QED) is 0.346. The van der Waals surface area contributed by atoms with E-state index in [0.717, 1.165) is 22.3 Å². The van der Waals surface area contributed by atoms with Gasteiger partial charge in [-0.15, -0.1) is 10.2 Å². The number of tetrazole rings is 1. The minimum absolute atomic E-state index is 0. The zero-order chi connectivity index (χ0) is 24.1. The van der Waals surface area contributed by atoms with Gasteiger partial charge < -0.3 is 0 Å². The Morgan fingerprint density at radius 2 is 1.54 bits per heavy atom. The molecule has 2 heterocycles. The lowest BCUT2D eigenvalue weighted by Gasteiger charge is -2.22. The van der Waals surface area contributed by atoms with E-state index in [1.54, 1.807) is 24.4 Å². The highest BCUT2D eigenvalue weighted by atomic mass is 32.2. The van der Waals surface area contributed by atoms with Crippen molar-refractivity contribution in [3.05, 3.63) is 115 Å². The maximum absolute atomic E-state index is 13.8. The van der Waals surface area contributed by atoms with E-state index in [1.807, 2.05) is 78.9 Å². The van der Waals surface area contributed by atoms with Crippen molar-refractivity contribution in [2.24, 2.45) is 0 Å². The number of sulfonamides is 1. The predicted molar refractivity (Wildman–Crippen MR) is 134 cm³/mol. The summed E-state index contributed by atoms with van der Waals surface area (Å²) in [6, 6.07) is 29.7. The first-order chi connectivity index (χ1) is 17.1. The van der Waals surface area contributed by atoms with Gasteiger partial charge in [0.15, 0.2) is 0 Å². The number of aromatic amines is 1. The largest absolute Gasteiger partial charge is 0.260 e. The summed E-state index contributed by atoms with van der Waals surface area (Å²) in [5.74, 6) is 0.479. The zero-order valence-corrected chi connectivity index (χ0v) is 19.5. The van der Waals surface area contributed by atoms with Crippen molar-refractivity contribution in [3.63, 3.8) is 0 Å². The highest BCUT2D eigenvalue weighted by molar-refractivity contribution is 7.89. The molecule has 0 bridgehead atoms. The van der Waals surface area contributed by atoms with E-state index in [1.165, 1.54) is 4.31 Å². The van der Waals surface area contributed by atoms with Gasteiger partial charge in [0.25, 0.3) is 0 Å². The van der Waals surface area contributed by atoms with Crippen molar-refractivity contribution in [1.82, 2.24) is 29.9 Å². The van der Waals surface area contributed by atoms with E-state index in [9.17, 15) is 8.42 Å². The van der Waals surface area contributed by atoms with Gasteiger partial charge in [0.05, 0.1) is 17.1 Å². The van der Waals surface area contributed by atoms with Gasteiger partial charge >= 0.3 is 0 Å². The van der Waals surface area contributed by atoms with Crippen LogP contribution in [0, 0.1) is 0 Å². The van der Waals surface area contributed by atoms with Crippen LogP contribution < -0.4 is 0 Å². The molecule has 3 aromatic carbocycles. The second-order valence-corrected chi connectivity index (χ2v) is 9.86. The highest BCUT2D eigenvalue weighted by Crippen LogP contribution is 2.26. The van der Waals surface area contributed by atoms with Gasteiger partial charge in [0.1, 0.15) is 0 Å². The molecule has 5 aromatic rings. The SMILES string of the molecule is O=S(=O)(c1cccc(-c2ccccc2)c1)N(Cc1ccc(-c2nn[nH]n2)cc1)Cc1ccccn1.[HH]. The molecular formula is C26H24N6O2S. The Morgan fingerprint density at radius 1 is 0.771 bits per heavy atom. The number of pyridine rings is 1. The second kappa shape index (κ2) is 9.96. The van der Waals surface area contributed by atoms with Crippen molar-refractivity contribution in [1.29, 1.82) is 0 Å². The van der Waals surface area contributed by atoms with Crippen molar-refractivity contribution in [2.45, 2.75) is 18.0 Å². The van der Waals surface area contributed by atoms with Gasteiger partial charge in [0, 0.05) is 19.7 Å². The molecule has 8 nitrogen and oxygen atoms in total. The molecule has 0 saturated heterocycles. The third kappa shape index (κ3) is 5.16. The van der Waals surface area contributed by atoms with Crippen LogP contribution in [-0.2, 0) is 23.1 Å².